The van der Waals surface area contributed by atoms with Gasteiger partial charge in [-0.15, -0.1) is 0 Å². The first-order valence-corrected chi connectivity index (χ1v) is 20.2. The first kappa shape index (κ1) is 37.0. The number of halogens is 1. The standard InChI is InChI=1S/C40H49FN6O5S/c1-2-38(48)43-32-21-35(23-42-22-32)53(51,52)34-12-10-33(11-13-34)47-25-28(26-47)24-45-18-14-29(15-19-45)40(27-46-16-5-17-46,30-6-3-7-31(41)20-30)36-8-4-9-37(36)44-39(49)50/h2-3,6-7,10-13,20-23,28-29,36-37,44H,1,4-5,8-9,14-19,24-27H2,(H,43,48)(H,49,50)/t36-,37-,40?/m0/s1. The Balaban J connectivity index is 0.987. The maximum atomic E-state index is 14.9. The van der Waals surface area contributed by atoms with Gasteiger partial charge in [0, 0.05) is 55.4 Å². The molecule has 3 saturated heterocycles. The highest BCUT2D eigenvalue weighted by atomic mass is 32.2. The van der Waals surface area contributed by atoms with Crippen molar-refractivity contribution in [2.45, 2.75) is 59.8 Å². The van der Waals surface area contributed by atoms with E-state index in [9.17, 15) is 27.5 Å². The fraction of sp³-hybridized carbons (Fsp3) is 0.475. The third-order valence-corrected chi connectivity index (χ3v) is 13.8. The molecule has 4 fully saturated rings. The van der Waals surface area contributed by atoms with Crippen LogP contribution in [-0.2, 0) is 20.0 Å². The summed E-state index contributed by atoms with van der Waals surface area (Å²) in [5.74, 6) is 0.207. The third kappa shape index (κ3) is 7.83. The molecule has 3 aliphatic heterocycles. The molecule has 13 heteroatoms. The summed E-state index contributed by atoms with van der Waals surface area (Å²) in [6.45, 7) is 10.9. The Morgan fingerprint density at radius 2 is 1.70 bits per heavy atom. The smallest absolute Gasteiger partial charge is 0.404 e. The molecule has 11 nitrogen and oxygen atoms in total. The van der Waals surface area contributed by atoms with E-state index in [1.807, 2.05) is 18.2 Å². The minimum absolute atomic E-state index is 0.00592. The quantitative estimate of drug-likeness (QED) is 0.197. The molecule has 0 bridgehead atoms. The number of benzene rings is 2. The zero-order valence-corrected chi connectivity index (χ0v) is 30.8. The Labute approximate surface area is 311 Å². The van der Waals surface area contributed by atoms with Crippen LogP contribution in [0, 0.1) is 23.6 Å². The van der Waals surface area contributed by atoms with Crippen LogP contribution in [0.25, 0.3) is 0 Å². The molecular weight excluding hydrogens is 696 g/mol. The lowest BCUT2D eigenvalue weighted by molar-refractivity contribution is -0.111. The number of rotatable bonds is 13. The van der Waals surface area contributed by atoms with Crippen molar-refractivity contribution in [2.75, 3.05) is 62.6 Å². The summed E-state index contributed by atoms with van der Waals surface area (Å²) in [4.78, 5) is 35.0. The number of nitrogens with one attached hydrogen (secondary N) is 2. The number of hydrogen-bond donors (Lipinski definition) is 3. The van der Waals surface area contributed by atoms with Gasteiger partial charge in [-0.3, -0.25) is 9.78 Å². The molecule has 0 radical (unpaired) electrons. The molecule has 53 heavy (non-hydrogen) atoms. The summed E-state index contributed by atoms with van der Waals surface area (Å²) in [6.07, 6.45) is 8.59. The Bertz CT molecular complexity index is 1910. The van der Waals surface area contributed by atoms with Crippen molar-refractivity contribution in [1.29, 1.82) is 0 Å². The Morgan fingerprint density at radius 1 is 0.943 bits per heavy atom. The third-order valence-electron chi connectivity index (χ3n) is 12.1. The number of carboxylic acid groups (broad SMARTS) is 1. The second-order valence-corrected chi connectivity index (χ2v) is 17.2. The molecule has 3 N–H and O–H groups in total. The Kier molecular flexibility index (Phi) is 10.9. The van der Waals surface area contributed by atoms with Crippen LogP contribution in [0.2, 0.25) is 0 Å². The van der Waals surface area contributed by atoms with Gasteiger partial charge in [0.1, 0.15) is 5.82 Å². The molecule has 2 amide bonds. The number of likely N-dealkylation sites (tertiary alicyclic amines) is 2. The Morgan fingerprint density at radius 3 is 2.36 bits per heavy atom. The van der Waals surface area contributed by atoms with Gasteiger partial charge in [0.15, 0.2) is 0 Å². The predicted molar refractivity (Wildman–Crippen MR) is 201 cm³/mol. The number of amides is 2. The van der Waals surface area contributed by atoms with Crippen molar-refractivity contribution >= 4 is 33.2 Å². The van der Waals surface area contributed by atoms with Crippen molar-refractivity contribution in [2.24, 2.45) is 17.8 Å². The molecule has 4 heterocycles. The van der Waals surface area contributed by atoms with Gasteiger partial charge in [-0.25, -0.2) is 17.6 Å². The molecule has 7 rings (SSSR count). The minimum Gasteiger partial charge on any atom is -0.465 e. The fourth-order valence-electron chi connectivity index (χ4n) is 9.38. The topological polar surface area (TPSA) is 135 Å². The summed E-state index contributed by atoms with van der Waals surface area (Å²) < 4.78 is 41.6. The first-order valence-electron chi connectivity index (χ1n) is 18.7. The molecule has 3 aromatic rings. The number of piperidine rings is 1. The van der Waals surface area contributed by atoms with E-state index in [2.05, 4.69) is 43.0 Å². The SMILES string of the molecule is C=CC(=O)Nc1cncc(S(=O)(=O)c2ccc(N3CC(CN4CCC(C(CN5CCC5)(c5cccc(F)c5)[C@H]5CCC[C@@H]5NC(=O)O)CC4)C3)cc2)c1. The normalized spacial score (nSPS) is 22.7. The lowest BCUT2D eigenvalue weighted by Gasteiger charge is -2.54. The zero-order valence-electron chi connectivity index (χ0n) is 30.0. The largest absolute Gasteiger partial charge is 0.465 e. The molecule has 4 aliphatic rings. The first-order chi connectivity index (χ1) is 25.5. The highest BCUT2D eigenvalue weighted by Crippen LogP contribution is 2.51. The van der Waals surface area contributed by atoms with E-state index in [1.165, 1.54) is 24.5 Å². The van der Waals surface area contributed by atoms with Crippen LogP contribution in [0.3, 0.4) is 0 Å². The van der Waals surface area contributed by atoms with Gasteiger partial charge in [0.2, 0.25) is 15.7 Å². The molecule has 1 aromatic heterocycles. The summed E-state index contributed by atoms with van der Waals surface area (Å²) in [6, 6.07) is 15.3. The van der Waals surface area contributed by atoms with Crippen molar-refractivity contribution in [1.82, 2.24) is 20.1 Å². The molecule has 0 spiro atoms. The second kappa shape index (κ2) is 15.6. The van der Waals surface area contributed by atoms with Gasteiger partial charge in [-0.2, -0.15) is 0 Å². The van der Waals surface area contributed by atoms with Crippen LogP contribution in [0.1, 0.15) is 44.1 Å². The monoisotopic (exact) mass is 744 g/mol. The van der Waals surface area contributed by atoms with Crippen molar-refractivity contribution in [3.05, 3.63) is 91.0 Å². The van der Waals surface area contributed by atoms with Crippen LogP contribution in [0.5, 0.6) is 0 Å². The average Bonchev–Trinajstić information content (AvgIpc) is 3.57. The lowest BCUT2D eigenvalue weighted by atomic mass is 9.57. The molecule has 3 atom stereocenters. The van der Waals surface area contributed by atoms with Gasteiger partial charge in [0.05, 0.1) is 21.7 Å². The molecule has 1 saturated carbocycles. The second-order valence-electron chi connectivity index (χ2n) is 15.2. The van der Waals surface area contributed by atoms with Crippen LogP contribution in [0.4, 0.5) is 20.6 Å². The predicted octanol–water partition coefficient (Wildman–Crippen LogP) is 5.41. The fourth-order valence-corrected chi connectivity index (χ4v) is 10.6. The number of nitrogens with zero attached hydrogens (tertiary/aromatic N) is 4. The summed E-state index contributed by atoms with van der Waals surface area (Å²) >= 11 is 0. The van der Waals surface area contributed by atoms with E-state index in [0.29, 0.717) is 11.8 Å². The summed E-state index contributed by atoms with van der Waals surface area (Å²) in [5, 5.41) is 15.2. The summed E-state index contributed by atoms with van der Waals surface area (Å²) in [5.41, 5.74) is 1.92. The highest BCUT2D eigenvalue weighted by Gasteiger charge is 2.53. The minimum atomic E-state index is -3.84. The van der Waals surface area contributed by atoms with Gasteiger partial charge in [0.25, 0.3) is 0 Å². The van der Waals surface area contributed by atoms with Crippen molar-refractivity contribution in [3.8, 4) is 0 Å². The van der Waals surface area contributed by atoms with E-state index in [-0.39, 0.29) is 38.7 Å². The summed E-state index contributed by atoms with van der Waals surface area (Å²) in [7, 11) is -3.84. The van der Waals surface area contributed by atoms with E-state index < -0.39 is 21.8 Å². The van der Waals surface area contributed by atoms with Gasteiger partial charge < -0.3 is 30.4 Å². The average molecular weight is 745 g/mol. The zero-order chi connectivity index (χ0) is 37.2. The Hall–Kier alpha value is -4.33. The molecule has 282 valence electrons. The van der Waals surface area contributed by atoms with Crippen LogP contribution < -0.4 is 15.5 Å². The number of hydrogen-bond acceptors (Lipinski definition) is 8. The van der Waals surface area contributed by atoms with Gasteiger partial charge >= 0.3 is 6.09 Å². The molecular formula is C40H49FN6O5S. The van der Waals surface area contributed by atoms with Crippen LogP contribution >= 0.6 is 0 Å². The number of sulfone groups is 1. The number of anilines is 2. The lowest BCUT2D eigenvalue weighted by Crippen LogP contribution is -2.60. The molecule has 2 aromatic carbocycles. The van der Waals surface area contributed by atoms with Crippen molar-refractivity contribution < 1.29 is 27.5 Å². The molecule has 1 unspecified atom stereocenters. The highest BCUT2D eigenvalue weighted by molar-refractivity contribution is 7.91. The maximum absolute atomic E-state index is 14.9. The number of carbonyl (C=O) groups excluding carboxylic acids is 1. The van der Waals surface area contributed by atoms with Crippen molar-refractivity contribution in [3.63, 3.8) is 0 Å². The number of carbonyl (C=O) groups is 2. The van der Waals surface area contributed by atoms with E-state index in [4.69, 9.17) is 0 Å². The van der Waals surface area contributed by atoms with Gasteiger partial charge in [-0.05, 0) is 124 Å². The number of pyridine rings is 1. The van der Waals surface area contributed by atoms with E-state index in [1.54, 1.807) is 18.2 Å². The van der Waals surface area contributed by atoms with E-state index in [0.717, 1.165) is 108 Å². The molecule has 1 aliphatic carbocycles. The van der Waals surface area contributed by atoms with Crippen LogP contribution in [0.15, 0.2) is 89.4 Å². The number of aromatic nitrogens is 1. The van der Waals surface area contributed by atoms with Gasteiger partial charge in [-0.1, -0.05) is 25.1 Å². The van der Waals surface area contributed by atoms with E-state index >= 15 is 0 Å². The van der Waals surface area contributed by atoms with Crippen LogP contribution in [-0.4, -0.2) is 98.7 Å². The maximum Gasteiger partial charge on any atom is 0.404 e.